The highest BCUT2D eigenvalue weighted by atomic mass is 32.1. The van der Waals surface area contributed by atoms with Crippen molar-refractivity contribution in [2.45, 2.75) is 32.4 Å². The van der Waals surface area contributed by atoms with Crippen molar-refractivity contribution in [1.29, 1.82) is 0 Å². The molecule has 0 radical (unpaired) electrons. The minimum atomic E-state index is -0.509. The van der Waals surface area contributed by atoms with Gasteiger partial charge in [-0.2, -0.15) is 5.10 Å². The molecule has 3 heterocycles. The van der Waals surface area contributed by atoms with Gasteiger partial charge in [0.15, 0.2) is 5.82 Å². The van der Waals surface area contributed by atoms with E-state index in [0.717, 1.165) is 21.4 Å². The fraction of sp³-hybridized carbons (Fsp3) is 0.381. The van der Waals surface area contributed by atoms with Crippen LogP contribution in [0.4, 0.5) is 14.2 Å². The number of amides is 1. The van der Waals surface area contributed by atoms with Gasteiger partial charge in [-0.05, 0) is 44.5 Å². The number of hydrogen-bond acceptors (Lipinski definition) is 6. The number of fused-ring (bicyclic) bond motifs is 1. The van der Waals surface area contributed by atoms with Gasteiger partial charge in [0, 0.05) is 48.4 Å². The number of carbonyl (C=O) groups is 1. The fourth-order valence-electron chi connectivity index (χ4n) is 3.23. The molecule has 1 aliphatic heterocycles. The summed E-state index contributed by atoms with van der Waals surface area (Å²) in [7, 11) is 1.77. The number of aromatic nitrogens is 2. The predicted molar refractivity (Wildman–Crippen MR) is 118 cm³/mol. The van der Waals surface area contributed by atoms with E-state index in [1.807, 2.05) is 32.9 Å². The molecule has 1 aromatic carbocycles. The molecule has 30 heavy (non-hydrogen) atoms. The molecule has 158 valence electrons. The van der Waals surface area contributed by atoms with Crippen LogP contribution in [0.2, 0.25) is 0 Å². The third-order valence-electron chi connectivity index (χ3n) is 4.69. The molecule has 1 amide bonds. The number of aryl methyl sites for hydroxylation is 1. The summed E-state index contributed by atoms with van der Waals surface area (Å²) in [6.45, 7) is 6.57. The third-order valence-corrected chi connectivity index (χ3v) is 5.72. The number of likely N-dealkylation sites (tertiary alicyclic amines) is 1. The average molecular weight is 430 g/mol. The molecular weight excluding hydrogens is 405 g/mol. The second-order valence-electron chi connectivity index (χ2n) is 8.45. The standard InChI is InChI=1S/C21H24FN5O2S/c1-21(2,3)29-20(28)27-10-15(11-27)24-8-13-7-17(30-19(13)23)12-5-14-9-26(4)25-18(14)16(22)6-12/h5-9,15H,10-11,23H2,1-4H3. The molecule has 7 nitrogen and oxygen atoms in total. The maximum absolute atomic E-state index is 14.4. The molecule has 0 saturated carbocycles. The lowest BCUT2D eigenvalue weighted by Crippen LogP contribution is -2.54. The number of nitrogen functional groups attached to an aromatic ring is 1. The quantitative estimate of drug-likeness (QED) is 0.636. The zero-order valence-electron chi connectivity index (χ0n) is 17.3. The van der Waals surface area contributed by atoms with Crippen LogP contribution in [0, 0.1) is 5.82 Å². The maximum Gasteiger partial charge on any atom is 0.410 e. The minimum absolute atomic E-state index is 0.0180. The Kier molecular flexibility index (Phi) is 5.01. The Labute approximate surface area is 177 Å². The van der Waals surface area contributed by atoms with Crippen LogP contribution in [0.25, 0.3) is 21.3 Å². The number of rotatable bonds is 3. The Balaban J connectivity index is 1.45. The number of halogens is 1. The van der Waals surface area contributed by atoms with Gasteiger partial charge in [0.05, 0.1) is 11.0 Å². The number of anilines is 1. The van der Waals surface area contributed by atoms with Crippen molar-refractivity contribution in [2.24, 2.45) is 12.0 Å². The highest BCUT2D eigenvalue weighted by Gasteiger charge is 2.33. The van der Waals surface area contributed by atoms with Crippen molar-refractivity contribution >= 4 is 39.5 Å². The molecule has 2 aromatic heterocycles. The van der Waals surface area contributed by atoms with Crippen molar-refractivity contribution in [3.63, 3.8) is 0 Å². The van der Waals surface area contributed by atoms with Gasteiger partial charge in [-0.25, -0.2) is 9.18 Å². The molecule has 0 spiro atoms. The number of ether oxygens (including phenoxy) is 1. The van der Waals surface area contributed by atoms with Crippen LogP contribution in [0.15, 0.2) is 29.4 Å². The monoisotopic (exact) mass is 429 g/mol. The lowest BCUT2D eigenvalue weighted by molar-refractivity contribution is 0.00911. The van der Waals surface area contributed by atoms with E-state index in [-0.39, 0.29) is 18.0 Å². The van der Waals surface area contributed by atoms with Crippen molar-refractivity contribution < 1.29 is 13.9 Å². The zero-order valence-corrected chi connectivity index (χ0v) is 18.2. The first kappa shape index (κ1) is 20.3. The zero-order chi connectivity index (χ0) is 21.6. The average Bonchev–Trinajstić information content (AvgIpc) is 3.14. The normalized spacial score (nSPS) is 15.2. The number of nitrogens with zero attached hydrogens (tertiary/aromatic N) is 4. The van der Waals surface area contributed by atoms with Gasteiger partial charge in [-0.15, -0.1) is 11.3 Å². The van der Waals surface area contributed by atoms with E-state index in [1.54, 1.807) is 29.0 Å². The third kappa shape index (κ3) is 4.16. The lowest BCUT2D eigenvalue weighted by Gasteiger charge is -2.37. The molecule has 1 saturated heterocycles. The van der Waals surface area contributed by atoms with Crippen LogP contribution in [0.5, 0.6) is 0 Å². The number of nitrogens with two attached hydrogens (primary N) is 1. The second-order valence-corrected chi connectivity index (χ2v) is 9.53. The molecule has 1 fully saturated rings. The fourth-order valence-corrected chi connectivity index (χ4v) is 4.12. The minimum Gasteiger partial charge on any atom is -0.444 e. The van der Waals surface area contributed by atoms with Crippen LogP contribution < -0.4 is 5.73 Å². The molecule has 9 heteroatoms. The SMILES string of the molecule is Cn1cc2cc(-c3cc(C=NC4CN(C(=O)OC(C)(C)C)C4)c(N)s3)cc(F)c2n1. The first-order valence-electron chi connectivity index (χ1n) is 9.63. The molecule has 0 unspecified atom stereocenters. The maximum atomic E-state index is 14.4. The largest absolute Gasteiger partial charge is 0.444 e. The summed E-state index contributed by atoms with van der Waals surface area (Å²) in [5, 5.41) is 5.49. The summed E-state index contributed by atoms with van der Waals surface area (Å²) in [5.41, 5.74) is 7.54. The van der Waals surface area contributed by atoms with Gasteiger partial charge in [0.1, 0.15) is 11.1 Å². The first-order valence-corrected chi connectivity index (χ1v) is 10.4. The Bertz CT molecular complexity index is 1140. The summed E-state index contributed by atoms with van der Waals surface area (Å²) in [6.07, 6.45) is 3.19. The van der Waals surface area contributed by atoms with Crippen LogP contribution in [-0.4, -0.2) is 51.7 Å². The summed E-state index contributed by atoms with van der Waals surface area (Å²) in [6, 6.07) is 5.31. The Morgan fingerprint density at radius 1 is 1.37 bits per heavy atom. The molecule has 2 N–H and O–H groups in total. The highest BCUT2D eigenvalue weighted by Crippen LogP contribution is 2.35. The van der Waals surface area contributed by atoms with Gasteiger partial charge >= 0.3 is 6.09 Å². The van der Waals surface area contributed by atoms with Crippen molar-refractivity contribution in [3.8, 4) is 10.4 Å². The molecule has 3 aromatic rings. The number of hydrogen-bond donors (Lipinski definition) is 1. The summed E-state index contributed by atoms with van der Waals surface area (Å²) >= 11 is 1.39. The van der Waals surface area contributed by atoms with Crippen LogP contribution in [0.3, 0.4) is 0 Å². The predicted octanol–water partition coefficient (Wildman–Crippen LogP) is 4.06. The summed E-state index contributed by atoms with van der Waals surface area (Å²) < 4.78 is 21.3. The van der Waals surface area contributed by atoms with E-state index >= 15 is 0 Å². The van der Waals surface area contributed by atoms with E-state index in [0.29, 0.717) is 23.6 Å². The Morgan fingerprint density at radius 3 is 2.80 bits per heavy atom. The van der Waals surface area contributed by atoms with Gasteiger partial charge in [-0.1, -0.05) is 0 Å². The van der Waals surface area contributed by atoms with Crippen molar-refractivity contribution in [3.05, 3.63) is 35.8 Å². The number of benzene rings is 1. The van der Waals surface area contributed by atoms with Crippen molar-refractivity contribution in [1.82, 2.24) is 14.7 Å². The van der Waals surface area contributed by atoms with E-state index in [2.05, 4.69) is 10.1 Å². The molecule has 1 aliphatic rings. The van der Waals surface area contributed by atoms with E-state index in [9.17, 15) is 9.18 Å². The lowest BCUT2D eigenvalue weighted by atomic mass is 10.1. The van der Waals surface area contributed by atoms with Crippen molar-refractivity contribution in [2.75, 3.05) is 18.8 Å². The Hall–Kier alpha value is -2.94. The van der Waals surface area contributed by atoms with Gasteiger partial charge < -0.3 is 15.4 Å². The summed E-state index contributed by atoms with van der Waals surface area (Å²) in [5.74, 6) is -0.359. The van der Waals surface area contributed by atoms with E-state index in [4.69, 9.17) is 10.5 Å². The second kappa shape index (κ2) is 7.39. The number of thiophene rings is 1. The van der Waals surface area contributed by atoms with Gasteiger partial charge in [0.2, 0.25) is 0 Å². The molecule has 4 rings (SSSR count). The van der Waals surface area contributed by atoms with Crippen LogP contribution in [-0.2, 0) is 11.8 Å². The number of carbonyl (C=O) groups excluding carboxylic acids is 1. The van der Waals surface area contributed by atoms with Gasteiger partial charge in [-0.3, -0.25) is 9.67 Å². The topological polar surface area (TPSA) is 85.7 Å². The molecular formula is C21H24FN5O2S. The highest BCUT2D eigenvalue weighted by molar-refractivity contribution is 7.19. The Morgan fingerprint density at radius 2 is 2.10 bits per heavy atom. The van der Waals surface area contributed by atoms with E-state index in [1.165, 1.54) is 17.4 Å². The summed E-state index contributed by atoms with van der Waals surface area (Å²) in [4.78, 5) is 19.0. The smallest absolute Gasteiger partial charge is 0.410 e. The van der Waals surface area contributed by atoms with Crippen LogP contribution >= 0.6 is 11.3 Å². The van der Waals surface area contributed by atoms with E-state index < -0.39 is 5.60 Å². The molecule has 0 aliphatic carbocycles. The molecule has 0 bridgehead atoms. The van der Waals surface area contributed by atoms with Crippen LogP contribution in [0.1, 0.15) is 26.3 Å². The molecule has 0 atom stereocenters. The first-order chi connectivity index (χ1) is 14.1. The number of aliphatic imine (C=N–C) groups is 1. The van der Waals surface area contributed by atoms with Gasteiger partial charge in [0.25, 0.3) is 0 Å².